The second-order valence-electron chi connectivity index (χ2n) is 5.36. The van der Waals surface area contributed by atoms with Crippen LogP contribution < -0.4 is 5.43 Å². The monoisotopic (exact) mass is 367 g/mol. The van der Waals surface area contributed by atoms with Crippen LogP contribution in [0, 0.1) is 0 Å². The van der Waals surface area contributed by atoms with Gasteiger partial charge < -0.3 is 9.67 Å². The predicted octanol–water partition coefficient (Wildman–Crippen LogP) is 3.59. The van der Waals surface area contributed by atoms with Gasteiger partial charge in [-0.15, -0.1) is 0 Å². The summed E-state index contributed by atoms with van der Waals surface area (Å²) in [6.45, 7) is 0. The molecule has 7 heteroatoms. The first-order valence-electron chi connectivity index (χ1n) is 7.64. The zero-order chi connectivity index (χ0) is 18.5. The van der Waals surface area contributed by atoms with Crippen LogP contribution in [-0.4, -0.2) is 27.8 Å². The van der Waals surface area contributed by atoms with Gasteiger partial charge >= 0.3 is 5.97 Å². The maximum absolute atomic E-state index is 12.0. The minimum Gasteiger partial charge on any atom is -0.478 e. The minimum absolute atomic E-state index is 0.213. The Morgan fingerprint density at radius 3 is 2.50 bits per heavy atom. The second-order valence-corrected chi connectivity index (χ2v) is 5.80. The summed E-state index contributed by atoms with van der Waals surface area (Å²) < 4.78 is 1.82. The third-order valence-corrected chi connectivity index (χ3v) is 3.86. The fourth-order valence-electron chi connectivity index (χ4n) is 2.35. The summed E-state index contributed by atoms with van der Waals surface area (Å²) in [5.74, 6) is -1.35. The molecule has 0 spiro atoms. The van der Waals surface area contributed by atoms with Gasteiger partial charge in [0.05, 0.1) is 17.5 Å². The maximum Gasteiger partial charge on any atom is 0.335 e. The van der Waals surface area contributed by atoms with Crippen LogP contribution >= 0.6 is 11.6 Å². The number of benzene rings is 2. The highest BCUT2D eigenvalue weighted by Gasteiger charge is 2.06. The normalized spacial score (nSPS) is 10.8. The van der Waals surface area contributed by atoms with E-state index in [1.165, 1.54) is 18.3 Å². The second kappa shape index (κ2) is 7.67. The molecule has 0 saturated heterocycles. The van der Waals surface area contributed by atoms with E-state index < -0.39 is 5.97 Å². The molecule has 0 fully saturated rings. The first-order valence-corrected chi connectivity index (χ1v) is 8.02. The standard InChI is InChI=1S/C19H14ClN3O3/c20-15-4-1-3-14(11-15)18(24)22-21-12-17-5-2-10-23(17)16-8-6-13(7-9-16)19(25)26/h1-12H,(H,22,24)(H,25,26)/b21-12-. The van der Waals surface area contributed by atoms with E-state index in [2.05, 4.69) is 10.5 Å². The Hall–Kier alpha value is -3.38. The number of aromatic nitrogens is 1. The number of hydrogen-bond donors (Lipinski definition) is 2. The van der Waals surface area contributed by atoms with Gasteiger partial charge in [0.25, 0.3) is 5.91 Å². The quantitative estimate of drug-likeness (QED) is 0.534. The van der Waals surface area contributed by atoms with Crippen LogP contribution in [0.2, 0.25) is 5.02 Å². The van der Waals surface area contributed by atoms with E-state index >= 15 is 0 Å². The van der Waals surface area contributed by atoms with Gasteiger partial charge in [-0.05, 0) is 54.6 Å². The van der Waals surface area contributed by atoms with Crippen molar-refractivity contribution in [1.82, 2.24) is 9.99 Å². The predicted molar refractivity (Wildman–Crippen MR) is 99.2 cm³/mol. The van der Waals surface area contributed by atoms with E-state index in [1.807, 2.05) is 22.9 Å². The molecule has 3 aromatic rings. The molecule has 26 heavy (non-hydrogen) atoms. The van der Waals surface area contributed by atoms with Crippen LogP contribution in [-0.2, 0) is 0 Å². The molecule has 0 radical (unpaired) electrons. The molecule has 1 heterocycles. The fourth-order valence-corrected chi connectivity index (χ4v) is 2.54. The third-order valence-electron chi connectivity index (χ3n) is 3.62. The highest BCUT2D eigenvalue weighted by Crippen LogP contribution is 2.13. The van der Waals surface area contributed by atoms with E-state index in [9.17, 15) is 9.59 Å². The molecule has 6 nitrogen and oxygen atoms in total. The number of nitrogens with zero attached hydrogens (tertiary/aromatic N) is 2. The van der Waals surface area contributed by atoms with Crippen molar-refractivity contribution in [3.8, 4) is 5.69 Å². The van der Waals surface area contributed by atoms with Crippen molar-refractivity contribution in [3.63, 3.8) is 0 Å². The third kappa shape index (κ3) is 3.99. The topological polar surface area (TPSA) is 83.7 Å². The lowest BCUT2D eigenvalue weighted by Crippen LogP contribution is -2.17. The summed E-state index contributed by atoms with van der Waals surface area (Å²) in [6, 6.07) is 16.7. The Labute approximate surface area is 154 Å². The molecule has 0 unspecified atom stereocenters. The average molecular weight is 368 g/mol. The van der Waals surface area contributed by atoms with Crippen LogP contribution in [0.25, 0.3) is 5.69 Å². The van der Waals surface area contributed by atoms with Crippen LogP contribution in [0.1, 0.15) is 26.4 Å². The van der Waals surface area contributed by atoms with E-state index in [1.54, 1.807) is 36.4 Å². The number of carboxylic acids is 1. The molecule has 2 aromatic carbocycles. The first-order chi connectivity index (χ1) is 12.5. The van der Waals surface area contributed by atoms with Crippen molar-refractivity contribution in [2.75, 3.05) is 0 Å². The molecular weight excluding hydrogens is 354 g/mol. The summed E-state index contributed by atoms with van der Waals surface area (Å²) in [4.78, 5) is 23.0. The number of nitrogens with one attached hydrogen (secondary N) is 1. The number of carboxylic acid groups (broad SMARTS) is 1. The highest BCUT2D eigenvalue weighted by molar-refractivity contribution is 6.30. The Morgan fingerprint density at radius 2 is 1.81 bits per heavy atom. The van der Waals surface area contributed by atoms with Gasteiger partial charge in [0, 0.05) is 22.5 Å². The van der Waals surface area contributed by atoms with Crippen molar-refractivity contribution in [3.05, 3.63) is 88.7 Å². The average Bonchev–Trinajstić information content (AvgIpc) is 3.10. The zero-order valence-corrected chi connectivity index (χ0v) is 14.2. The molecule has 130 valence electrons. The van der Waals surface area contributed by atoms with Crippen LogP contribution in [0.15, 0.2) is 72.0 Å². The number of halogens is 1. The van der Waals surface area contributed by atoms with Gasteiger partial charge in [-0.25, -0.2) is 10.2 Å². The molecule has 0 bridgehead atoms. The molecule has 3 rings (SSSR count). The zero-order valence-electron chi connectivity index (χ0n) is 13.5. The van der Waals surface area contributed by atoms with Gasteiger partial charge in [0.2, 0.25) is 0 Å². The highest BCUT2D eigenvalue weighted by atomic mass is 35.5. The lowest BCUT2D eigenvalue weighted by Gasteiger charge is -2.06. The van der Waals surface area contributed by atoms with Crippen molar-refractivity contribution >= 4 is 29.7 Å². The summed E-state index contributed by atoms with van der Waals surface area (Å²) in [5.41, 5.74) is 4.57. The van der Waals surface area contributed by atoms with Gasteiger partial charge in [0.1, 0.15) is 0 Å². The smallest absolute Gasteiger partial charge is 0.335 e. The van der Waals surface area contributed by atoms with Crippen molar-refractivity contribution in [2.45, 2.75) is 0 Å². The Morgan fingerprint density at radius 1 is 1.04 bits per heavy atom. The van der Waals surface area contributed by atoms with E-state index in [-0.39, 0.29) is 11.5 Å². The van der Waals surface area contributed by atoms with Crippen LogP contribution in [0.5, 0.6) is 0 Å². The summed E-state index contributed by atoms with van der Waals surface area (Å²) >= 11 is 5.86. The van der Waals surface area contributed by atoms with Crippen molar-refractivity contribution in [2.24, 2.45) is 5.10 Å². The van der Waals surface area contributed by atoms with E-state index in [4.69, 9.17) is 16.7 Å². The fraction of sp³-hybridized carbons (Fsp3) is 0. The van der Waals surface area contributed by atoms with Crippen molar-refractivity contribution in [1.29, 1.82) is 0 Å². The number of hydrogen-bond acceptors (Lipinski definition) is 3. The minimum atomic E-state index is -0.977. The largest absolute Gasteiger partial charge is 0.478 e. The lowest BCUT2D eigenvalue weighted by atomic mass is 10.2. The molecule has 1 amide bonds. The summed E-state index contributed by atoms with van der Waals surface area (Å²) in [6.07, 6.45) is 3.32. The number of hydrazone groups is 1. The lowest BCUT2D eigenvalue weighted by molar-refractivity contribution is 0.0696. The van der Waals surface area contributed by atoms with Gasteiger partial charge in [-0.1, -0.05) is 17.7 Å². The van der Waals surface area contributed by atoms with Gasteiger partial charge in [-0.2, -0.15) is 5.10 Å². The molecule has 2 N–H and O–H groups in total. The SMILES string of the molecule is O=C(O)c1ccc(-n2cccc2/C=N\NC(=O)c2cccc(Cl)c2)cc1. The molecule has 0 aliphatic rings. The molecule has 0 saturated carbocycles. The number of aromatic carboxylic acids is 1. The molecule has 0 aliphatic carbocycles. The number of carbonyl (C=O) groups excluding carboxylic acids is 1. The molecular formula is C19H14ClN3O3. The number of rotatable bonds is 5. The number of amides is 1. The molecule has 0 atom stereocenters. The summed E-state index contributed by atoms with van der Waals surface area (Å²) in [7, 11) is 0. The van der Waals surface area contributed by atoms with Gasteiger partial charge in [0.15, 0.2) is 0 Å². The Bertz CT molecular complexity index is 978. The number of carbonyl (C=O) groups is 2. The molecule has 1 aromatic heterocycles. The first kappa shape index (κ1) is 17.4. The maximum atomic E-state index is 12.0. The van der Waals surface area contributed by atoms with Crippen LogP contribution in [0.3, 0.4) is 0 Å². The van der Waals surface area contributed by atoms with E-state index in [0.29, 0.717) is 10.6 Å². The van der Waals surface area contributed by atoms with Crippen LogP contribution in [0.4, 0.5) is 0 Å². The Kier molecular flexibility index (Phi) is 5.15. The van der Waals surface area contributed by atoms with Gasteiger partial charge in [-0.3, -0.25) is 4.79 Å². The Balaban J connectivity index is 1.73. The van der Waals surface area contributed by atoms with E-state index in [0.717, 1.165) is 11.4 Å². The van der Waals surface area contributed by atoms with Crippen molar-refractivity contribution < 1.29 is 14.7 Å². The molecule has 0 aliphatic heterocycles. The summed E-state index contributed by atoms with van der Waals surface area (Å²) in [5, 5.41) is 13.4.